The zero-order valence-electron chi connectivity index (χ0n) is 14.1. The molecule has 0 radical (unpaired) electrons. The quantitative estimate of drug-likeness (QED) is 0.782. The van der Waals surface area contributed by atoms with Crippen LogP contribution in [0.2, 0.25) is 0 Å². The number of carbonyl (C=O) groups excluding carboxylic acids is 1. The number of aromatic carboxylic acids is 1. The molecule has 0 unspecified atom stereocenters. The first-order valence-corrected chi connectivity index (χ1v) is 8.33. The number of fused-ring (bicyclic) bond motifs is 1. The molecule has 1 heterocycles. The predicted octanol–water partition coefficient (Wildman–Crippen LogP) is 3.09. The topological polar surface area (TPSA) is 81.7 Å². The Morgan fingerprint density at radius 1 is 1.16 bits per heavy atom. The van der Waals surface area contributed by atoms with Gasteiger partial charge in [0.1, 0.15) is 0 Å². The van der Waals surface area contributed by atoms with Gasteiger partial charge in [-0.25, -0.2) is 9.59 Å². The Morgan fingerprint density at radius 3 is 2.60 bits per heavy atom. The van der Waals surface area contributed by atoms with Crippen LogP contribution in [0.25, 0.3) is 0 Å². The lowest BCUT2D eigenvalue weighted by Crippen LogP contribution is -2.38. The summed E-state index contributed by atoms with van der Waals surface area (Å²) in [6, 6.07) is 12.8. The van der Waals surface area contributed by atoms with Gasteiger partial charge in [0.2, 0.25) is 0 Å². The van der Waals surface area contributed by atoms with Gasteiger partial charge in [-0.15, -0.1) is 0 Å². The molecule has 3 N–H and O–H groups in total. The van der Waals surface area contributed by atoms with E-state index in [-0.39, 0.29) is 11.6 Å². The first-order chi connectivity index (χ1) is 12.1. The minimum absolute atomic E-state index is 0.0670. The summed E-state index contributed by atoms with van der Waals surface area (Å²) in [5.41, 5.74) is 4.31. The maximum atomic E-state index is 12.1. The maximum Gasteiger partial charge on any atom is 0.335 e. The van der Waals surface area contributed by atoms with Crippen molar-refractivity contribution in [1.82, 2.24) is 5.32 Å². The number of nitrogens with one attached hydrogen (secondary N) is 2. The van der Waals surface area contributed by atoms with Gasteiger partial charge >= 0.3 is 12.0 Å². The molecular weight excluding hydrogens is 318 g/mol. The van der Waals surface area contributed by atoms with Gasteiger partial charge in [0, 0.05) is 25.3 Å². The molecule has 0 aromatic heterocycles. The van der Waals surface area contributed by atoms with Crippen molar-refractivity contribution in [2.75, 3.05) is 23.3 Å². The molecule has 2 aromatic rings. The molecule has 0 aliphatic carbocycles. The van der Waals surface area contributed by atoms with Crippen molar-refractivity contribution in [3.05, 3.63) is 59.2 Å². The Labute approximate surface area is 146 Å². The van der Waals surface area contributed by atoms with E-state index in [1.54, 1.807) is 29.2 Å². The van der Waals surface area contributed by atoms with Crippen molar-refractivity contribution in [2.45, 2.75) is 19.9 Å². The SMILES string of the molecule is CCNC(=O)N1CCc2ccc(NCc3ccc(C(=O)O)cc3)cc21. The van der Waals surface area contributed by atoms with Gasteiger partial charge in [0.25, 0.3) is 0 Å². The third-order valence-electron chi connectivity index (χ3n) is 4.25. The highest BCUT2D eigenvalue weighted by atomic mass is 16.4. The van der Waals surface area contributed by atoms with Crippen molar-refractivity contribution >= 4 is 23.4 Å². The van der Waals surface area contributed by atoms with Gasteiger partial charge in [-0.3, -0.25) is 4.90 Å². The summed E-state index contributed by atoms with van der Waals surface area (Å²) in [7, 11) is 0. The Hall–Kier alpha value is -3.02. The number of carboxylic acids is 1. The van der Waals surface area contributed by atoms with E-state index >= 15 is 0 Å². The summed E-state index contributed by atoms with van der Waals surface area (Å²) in [6.07, 6.45) is 0.864. The molecule has 0 saturated carbocycles. The fourth-order valence-corrected chi connectivity index (χ4v) is 2.92. The van der Waals surface area contributed by atoms with E-state index in [0.29, 0.717) is 19.6 Å². The molecule has 6 nitrogen and oxygen atoms in total. The Morgan fingerprint density at radius 2 is 1.92 bits per heavy atom. The van der Waals surface area contributed by atoms with E-state index in [2.05, 4.69) is 10.6 Å². The summed E-state index contributed by atoms with van der Waals surface area (Å²) >= 11 is 0. The van der Waals surface area contributed by atoms with E-state index in [4.69, 9.17) is 5.11 Å². The van der Waals surface area contributed by atoms with Crippen LogP contribution >= 0.6 is 0 Å². The number of hydrogen-bond donors (Lipinski definition) is 3. The van der Waals surface area contributed by atoms with Gasteiger partial charge < -0.3 is 15.7 Å². The van der Waals surface area contributed by atoms with Crippen LogP contribution < -0.4 is 15.5 Å². The summed E-state index contributed by atoms with van der Waals surface area (Å²) in [6.45, 7) is 3.79. The van der Waals surface area contributed by atoms with Gasteiger partial charge in [0.15, 0.2) is 0 Å². The number of hydrogen-bond acceptors (Lipinski definition) is 3. The number of nitrogens with zero attached hydrogens (tertiary/aromatic N) is 1. The summed E-state index contributed by atoms with van der Waals surface area (Å²) in [5, 5.41) is 15.1. The first kappa shape index (κ1) is 16.8. The van der Waals surface area contributed by atoms with Crippen LogP contribution in [0.5, 0.6) is 0 Å². The lowest BCUT2D eigenvalue weighted by molar-refractivity contribution is 0.0697. The van der Waals surface area contributed by atoms with E-state index in [1.807, 2.05) is 25.1 Å². The molecule has 2 aromatic carbocycles. The van der Waals surface area contributed by atoms with Crippen molar-refractivity contribution in [3.8, 4) is 0 Å². The summed E-state index contributed by atoms with van der Waals surface area (Å²) in [5.74, 6) is -0.927. The monoisotopic (exact) mass is 339 g/mol. The van der Waals surface area contributed by atoms with Crippen LogP contribution in [0, 0.1) is 0 Å². The van der Waals surface area contributed by atoms with Crippen LogP contribution in [0.15, 0.2) is 42.5 Å². The summed E-state index contributed by atoms with van der Waals surface area (Å²) in [4.78, 5) is 24.8. The molecule has 25 heavy (non-hydrogen) atoms. The van der Waals surface area contributed by atoms with Crippen molar-refractivity contribution in [3.63, 3.8) is 0 Å². The minimum Gasteiger partial charge on any atom is -0.478 e. The maximum absolute atomic E-state index is 12.1. The number of carbonyl (C=O) groups is 2. The second-order valence-corrected chi connectivity index (χ2v) is 5.94. The van der Waals surface area contributed by atoms with Crippen LogP contribution in [0.1, 0.15) is 28.4 Å². The summed E-state index contributed by atoms with van der Waals surface area (Å²) < 4.78 is 0. The Kier molecular flexibility index (Phi) is 4.88. The first-order valence-electron chi connectivity index (χ1n) is 8.33. The molecule has 0 spiro atoms. The second kappa shape index (κ2) is 7.25. The highest BCUT2D eigenvalue weighted by molar-refractivity contribution is 5.94. The molecule has 0 atom stereocenters. The third-order valence-corrected chi connectivity index (χ3v) is 4.25. The zero-order chi connectivity index (χ0) is 17.8. The Bertz CT molecular complexity index is 787. The van der Waals surface area contributed by atoms with Gasteiger partial charge in [-0.05, 0) is 48.7 Å². The highest BCUT2D eigenvalue weighted by Crippen LogP contribution is 2.31. The number of rotatable bonds is 5. The normalized spacial score (nSPS) is 12.6. The number of benzene rings is 2. The molecule has 0 bridgehead atoms. The minimum atomic E-state index is -0.927. The highest BCUT2D eigenvalue weighted by Gasteiger charge is 2.24. The second-order valence-electron chi connectivity index (χ2n) is 5.94. The molecule has 6 heteroatoms. The lowest BCUT2D eigenvalue weighted by atomic mass is 10.1. The van der Waals surface area contributed by atoms with E-state index in [9.17, 15) is 9.59 Å². The average Bonchev–Trinajstić information content (AvgIpc) is 3.04. The van der Waals surface area contributed by atoms with E-state index in [1.165, 1.54) is 5.56 Å². The molecule has 1 aliphatic heterocycles. The molecule has 1 aliphatic rings. The number of urea groups is 1. The van der Waals surface area contributed by atoms with Crippen molar-refractivity contribution in [1.29, 1.82) is 0 Å². The van der Waals surface area contributed by atoms with Gasteiger partial charge in [0.05, 0.1) is 11.3 Å². The smallest absolute Gasteiger partial charge is 0.335 e. The fraction of sp³-hybridized carbons (Fsp3) is 0.263. The van der Waals surface area contributed by atoms with Crippen LogP contribution in [-0.2, 0) is 13.0 Å². The fourth-order valence-electron chi connectivity index (χ4n) is 2.92. The molecular formula is C19H21N3O3. The van der Waals surface area contributed by atoms with Crippen LogP contribution in [0.3, 0.4) is 0 Å². The average molecular weight is 339 g/mol. The third kappa shape index (κ3) is 3.74. The molecule has 0 fully saturated rings. The largest absolute Gasteiger partial charge is 0.478 e. The van der Waals surface area contributed by atoms with Gasteiger partial charge in [-0.1, -0.05) is 18.2 Å². The van der Waals surface area contributed by atoms with E-state index in [0.717, 1.165) is 23.4 Å². The number of anilines is 2. The van der Waals surface area contributed by atoms with Crippen molar-refractivity contribution in [2.24, 2.45) is 0 Å². The molecule has 3 rings (SSSR count). The lowest BCUT2D eigenvalue weighted by Gasteiger charge is -2.18. The predicted molar refractivity (Wildman–Crippen MR) is 97.3 cm³/mol. The van der Waals surface area contributed by atoms with Crippen LogP contribution in [-0.4, -0.2) is 30.2 Å². The van der Waals surface area contributed by atoms with Crippen molar-refractivity contribution < 1.29 is 14.7 Å². The standard InChI is InChI=1S/C19H21N3O3/c1-2-20-19(25)22-10-9-14-7-8-16(11-17(14)22)21-12-13-3-5-15(6-4-13)18(23)24/h3-8,11,21H,2,9-10,12H2,1H3,(H,20,25)(H,23,24). The van der Waals surface area contributed by atoms with Gasteiger partial charge in [-0.2, -0.15) is 0 Å². The number of amides is 2. The number of carboxylic acid groups (broad SMARTS) is 1. The molecule has 0 saturated heterocycles. The molecule has 130 valence electrons. The molecule has 2 amide bonds. The zero-order valence-corrected chi connectivity index (χ0v) is 14.1. The Balaban J connectivity index is 1.69. The van der Waals surface area contributed by atoms with Crippen LogP contribution in [0.4, 0.5) is 16.2 Å². The van der Waals surface area contributed by atoms with E-state index < -0.39 is 5.97 Å².